The molecule has 0 atom stereocenters. The Bertz CT molecular complexity index is 362. The van der Waals surface area contributed by atoms with Gasteiger partial charge in [0.1, 0.15) is 7.58 Å². The molecule has 28 heavy (non-hydrogen) atoms. The molecule has 2 nitrogen and oxygen atoms in total. The summed E-state index contributed by atoms with van der Waals surface area (Å²) in [4.78, 5) is 0. The highest BCUT2D eigenvalue weighted by Crippen LogP contribution is 2.59. The Labute approximate surface area is 180 Å². The maximum atomic E-state index is 7.66. The summed E-state index contributed by atoms with van der Waals surface area (Å²) >= 11 is 7.66. The van der Waals surface area contributed by atoms with Crippen LogP contribution >= 0.6 is 18.8 Å². The van der Waals surface area contributed by atoms with Crippen molar-refractivity contribution < 1.29 is 0 Å². The average Bonchev–Trinajstić information content (AvgIpc) is 2.77. The van der Waals surface area contributed by atoms with Gasteiger partial charge in [0.15, 0.2) is 0 Å². The van der Waals surface area contributed by atoms with Crippen LogP contribution < -0.4 is 0 Å². The molecule has 0 aromatic rings. The maximum Gasteiger partial charge on any atom is 0.141 e. The number of hydrogen-bond donors (Lipinski definition) is 0. The summed E-state index contributed by atoms with van der Waals surface area (Å²) in [5, 5.41) is 0. The van der Waals surface area contributed by atoms with Gasteiger partial charge in [-0.1, -0.05) is 88.3 Å². The van der Waals surface area contributed by atoms with Gasteiger partial charge in [0.05, 0.1) is 0 Å². The molecule has 0 bridgehead atoms. The Morgan fingerprint density at radius 3 is 0.821 bits per heavy atom. The molecule has 0 unspecified atom stereocenters. The van der Waals surface area contributed by atoms with Gasteiger partial charge in [0.25, 0.3) is 0 Å². The van der Waals surface area contributed by atoms with Crippen molar-refractivity contribution in [3.05, 3.63) is 0 Å². The molecule has 4 rings (SSSR count). The Morgan fingerprint density at radius 2 is 0.607 bits per heavy atom. The van der Waals surface area contributed by atoms with Gasteiger partial charge in [-0.05, 0) is 51.4 Å². The van der Waals surface area contributed by atoms with Gasteiger partial charge in [-0.3, -0.25) is 9.34 Å². The summed E-state index contributed by atoms with van der Waals surface area (Å²) in [5.41, 5.74) is 0. The summed E-state index contributed by atoms with van der Waals surface area (Å²) < 4.78 is 5.91. The van der Waals surface area contributed by atoms with Crippen molar-refractivity contribution in [2.75, 3.05) is 0 Å². The van der Waals surface area contributed by atoms with E-state index in [-0.39, 0.29) is 0 Å². The highest BCUT2D eigenvalue weighted by molar-refractivity contribution is 7.80. The molecule has 0 radical (unpaired) electrons. The summed E-state index contributed by atoms with van der Waals surface area (Å²) in [7, 11) is -0.660. The van der Waals surface area contributed by atoms with E-state index in [1.54, 1.807) is 0 Å². The number of nitrogens with zero attached hydrogens (tertiary/aromatic N) is 2. The predicted octanol–water partition coefficient (Wildman–Crippen LogP) is 8.39. The van der Waals surface area contributed by atoms with Crippen LogP contribution in [0.2, 0.25) is 0 Å². The first-order valence-electron chi connectivity index (χ1n) is 12.9. The molecule has 0 heterocycles. The summed E-state index contributed by atoms with van der Waals surface area (Å²) in [6.07, 6.45) is 28.5. The minimum absolute atomic E-state index is 0.660. The fourth-order valence-corrected chi connectivity index (χ4v) is 10.4. The van der Waals surface area contributed by atoms with Crippen LogP contribution in [-0.4, -0.2) is 33.5 Å². The second kappa shape index (κ2) is 11.3. The Morgan fingerprint density at radius 1 is 0.393 bits per heavy atom. The Hall–Kier alpha value is 0.640. The first-order valence-corrected chi connectivity index (χ1v) is 15.0. The van der Waals surface area contributed by atoms with E-state index in [1.807, 2.05) is 0 Å². The Kier molecular flexibility index (Phi) is 8.83. The fourth-order valence-electron chi connectivity index (χ4n) is 6.64. The first-order chi connectivity index (χ1) is 13.8. The van der Waals surface area contributed by atoms with Gasteiger partial charge < -0.3 is 0 Å². The molecule has 0 saturated heterocycles. The summed E-state index contributed by atoms with van der Waals surface area (Å²) in [6, 6.07) is 3.09. The quantitative estimate of drug-likeness (QED) is 0.393. The molecule has 162 valence electrons. The molecular weight excluding hydrogens is 383 g/mol. The fraction of sp³-hybridized carbons (Fsp3) is 1.00. The lowest BCUT2D eigenvalue weighted by Crippen LogP contribution is -2.48. The SMILES string of the molecule is ClP(N(C1CCCCC1)C1CCCCC1)N(C1CCCCC1)C1CCCCC1. The van der Waals surface area contributed by atoms with Gasteiger partial charge >= 0.3 is 0 Å². The van der Waals surface area contributed by atoms with Crippen molar-refractivity contribution in [2.24, 2.45) is 0 Å². The van der Waals surface area contributed by atoms with E-state index in [0.717, 1.165) is 24.2 Å². The molecular formula is C24H44ClN2P. The zero-order valence-electron chi connectivity index (χ0n) is 18.2. The standard InChI is InChI=1S/C24H44ClN2P/c25-28(26(21-13-5-1-6-14-21)22-15-7-2-8-16-22)27(23-17-9-3-10-18-23)24-19-11-4-12-20-24/h21-24H,1-20H2. The van der Waals surface area contributed by atoms with Crippen molar-refractivity contribution in [2.45, 2.75) is 153 Å². The van der Waals surface area contributed by atoms with Crippen molar-refractivity contribution in [3.8, 4) is 0 Å². The van der Waals surface area contributed by atoms with Gasteiger partial charge in [-0.25, -0.2) is 0 Å². The molecule has 0 aromatic heterocycles. The van der Waals surface area contributed by atoms with E-state index < -0.39 is 7.58 Å². The van der Waals surface area contributed by atoms with Gasteiger partial charge in [0, 0.05) is 24.2 Å². The molecule has 0 amide bonds. The monoisotopic (exact) mass is 426 g/mol. The molecule has 4 aliphatic carbocycles. The molecule has 4 saturated carbocycles. The molecule has 0 N–H and O–H groups in total. The van der Waals surface area contributed by atoms with Crippen molar-refractivity contribution >= 4 is 18.8 Å². The largest absolute Gasteiger partial charge is 0.251 e. The molecule has 0 aliphatic heterocycles. The van der Waals surface area contributed by atoms with Crippen molar-refractivity contribution in [3.63, 3.8) is 0 Å². The summed E-state index contributed by atoms with van der Waals surface area (Å²) in [5.74, 6) is 0. The lowest BCUT2D eigenvalue weighted by Gasteiger charge is -2.51. The highest BCUT2D eigenvalue weighted by Gasteiger charge is 2.41. The van der Waals surface area contributed by atoms with Crippen molar-refractivity contribution in [1.29, 1.82) is 0 Å². The topological polar surface area (TPSA) is 6.48 Å². The average molecular weight is 427 g/mol. The van der Waals surface area contributed by atoms with Crippen LogP contribution in [0.5, 0.6) is 0 Å². The van der Waals surface area contributed by atoms with Crippen LogP contribution in [0.1, 0.15) is 128 Å². The normalized spacial score (nSPS) is 27.9. The summed E-state index contributed by atoms with van der Waals surface area (Å²) in [6.45, 7) is 0. The van der Waals surface area contributed by atoms with Crippen LogP contribution in [0, 0.1) is 0 Å². The number of rotatable bonds is 6. The van der Waals surface area contributed by atoms with Crippen LogP contribution in [0.25, 0.3) is 0 Å². The van der Waals surface area contributed by atoms with E-state index in [0.29, 0.717) is 0 Å². The molecule has 4 aliphatic rings. The van der Waals surface area contributed by atoms with Crippen molar-refractivity contribution in [1.82, 2.24) is 9.34 Å². The van der Waals surface area contributed by atoms with E-state index in [4.69, 9.17) is 11.2 Å². The van der Waals surface area contributed by atoms with E-state index in [1.165, 1.54) is 128 Å². The molecule has 0 aromatic carbocycles. The third kappa shape index (κ3) is 5.46. The Balaban J connectivity index is 1.56. The predicted molar refractivity (Wildman–Crippen MR) is 124 cm³/mol. The lowest BCUT2D eigenvalue weighted by molar-refractivity contribution is 0.137. The third-order valence-corrected chi connectivity index (χ3v) is 11.3. The number of halogens is 1. The zero-order chi connectivity index (χ0) is 19.2. The van der Waals surface area contributed by atoms with E-state index in [9.17, 15) is 0 Å². The molecule has 4 heteroatoms. The third-order valence-electron chi connectivity index (χ3n) is 8.18. The van der Waals surface area contributed by atoms with Crippen LogP contribution in [0.4, 0.5) is 0 Å². The van der Waals surface area contributed by atoms with Crippen LogP contribution in [0.3, 0.4) is 0 Å². The van der Waals surface area contributed by atoms with E-state index in [2.05, 4.69) is 9.34 Å². The van der Waals surface area contributed by atoms with Crippen LogP contribution in [-0.2, 0) is 0 Å². The van der Waals surface area contributed by atoms with E-state index >= 15 is 0 Å². The first kappa shape index (κ1) is 21.9. The second-order valence-electron chi connectivity index (χ2n) is 10.2. The van der Waals surface area contributed by atoms with Gasteiger partial charge in [0.2, 0.25) is 0 Å². The molecule has 0 spiro atoms. The highest BCUT2D eigenvalue weighted by atomic mass is 35.7. The van der Waals surface area contributed by atoms with Gasteiger partial charge in [-0.2, -0.15) is 0 Å². The second-order valence-corrected chi connectivity index (χ2v) is 12.5. The van der Waals surface area contributed by atoms with Crippen LogP contribution in [0.15, 0.2) is 0 Å². The maximum absolute atomic E-state index is 7.66. The zero-order valence-corrected chi connectivity index (χ0v) is 19.8. The number of hydrogen-bond acceptors (Lipinski definition) is 2. The minimum Gasteiger partial charge on any atom is -0.251 e. The lowest BCUT2D eigenvalue weighted by atomic mass is 9.91. The van der Waals surface area contributed by atoms with Gasteiger partial charge in [-0.15, -0.1) is 0 Å². The minimum atomic E-state index is -0.660. The smallest absolute Gasteiger partial charge is 0.141 e. The molecule has 4 fully saturated rings.